The Balaban J connectivity index is 1.18. The highest BCUT2D eigenvalue weighted by molar-refractivity contribution is 5.93. The van der Waals surface area contributed by atoms with Crippen LogP contribution in [0.1, 0.15) is 101 Å². The number of nitrogens with zero attached hydrogens (tertiary/aromatic N) is 1. The highest BCUT2D eigenvalue weighted by atomic mass is 16.7. The van der Waals surface area contributed by atoms with Gasteiger partial charge in [0.05, 0.1) is 30.2 Å². The molecule has 51 heavy (non-hydrogen) atoms. The first-order chi connectivity index (χ1) is 24.5. The summed E-state index contributed by atoms with van der Waals surface area (Å²) in [5.74, 6) is -0.417. The number of nitrogens with one attached hydrogen (secondary N) is 2. The molecule has 11 heteroatoms. The van der Waals surface area contributed by atoms with Crippen molar-refractivity contribution in [1.82, 2.24) is 4.90 Å². The molecule has 3 aromatic carbocycles. The lowest BCUT2D eigenvalue weighted by molar-refractivity contribution is -0.253. The lowest BCUT2D eigenvalue weighted by Gasteiger charge is -2.38. The number of para-hydroxylation sites is 2. The number of benzene rings is 3. The summed E-state index contributed by atoms with van der Waals surface area (Å²) in [4.78, 5) is 40.4. The molecule has 2 fully saturated rings. The van der Waals surface area contributed by atoms with Crippen LogP contribution in [0.2, 0.25) is 0 Å². The molecular weight excluding hydrogens is 648 g/mol. The molecule has 2 heterocycles. The molecule has 2 amide bonds. The number of esters is 1. The van der Waals surface area contributed by atoms with E-state index in [1.165, 1.54) is 0 Å². The first-order valence-corrected chi connectivity index (χ1v) is 18.0. The van der Waals surface area contributed by atoms with Gasteiger partial charge in [0, 0.05) is 37.1 Å². The van der Waals surface area contributed by atoms with E-state index in [-0.39, 0.29) is 42.6 Å². The van der Waals surface area contributed by atoms with Crippen molar-refractivity contribution in [1.29, 1.82) is 0 Å². The van der Waals surface area contributed by atoms with Gasteiger partial charge in [-0.25, -0.2) is 0 Å². The summed E-state index contributed by atoms with van der Waals surface area (Å²) in [6, 6.07) is 22.0. The second-order valence-electron chi connectivity index (χ2n) is 14.4. The third-order valence-corrected chi connectivity index (χ3v) is 9.08. The molecule has 2 aliphatic heterocycles. The molecule has 0 aromatic heterocycles. The molecule has 0 bridgehead atoms. The van der Waals surface area contributed by atoms with E-state index in [2.05, 4.69) is 15.5 Å². The van der Waals surface area contributed by atoms with Crippen LogP contribution in [0.25, 0.3) is 0 Å². The van der Waals surface area contributed by atoms with E-state index >= 15 is 0 Å². The minimum Gasteiger partial charge on any atom is -0.459 e. The van der Waals surface area contributed by atoms with Crippen LogP contribution in [0.3, 0.4) is 0 Å². The zero-order valence-corrected chi connectivity index (χ0v) is 29.9. The van der Waals surface area contributed by atoms with Crippen molar-refractivity contribution >= 4 is 34.8 Å². The van der Waals surface area contributed by atoms with Gasteiger partial charge in [-0.05, 0) is 88.4 Å². The van der Waals surface area contributed by atoms with Crippen molar-refractivity contribution in [2.45, 2.75) is 109 Å². The van der Waals surface area contributed by atoms with Crippen molar-refractivity contribution in [3.05, 3.63) is 89.5 Å². The number of nitrogens with two attached hydrogens (primary N) is 1. The van der Waals surface area contributed by atoms with Crippen molar-refractivity contribution < 1.29 is 33.7 Å². The molecule has 4 atom stereocenters. The van der Waals surface area contributed by atoms with E-state index in [0.29, 0.717) is 55.7 Å². The van der Waals surface area contributed by atoms with Gasteiger partial charge in [0.15, 0.2) is 6.29 Å². The molecule has 2 saturated heterocycles. The van der Waals surface area contributed by atoms with Crippen LogP contribution in [0.4, 0.5) is 17.1 Å². The Morgan fingerprint density at radius 3 is 2.33 bits per heavy atom. The van der Waals surface area contributed by atoms with Crippen molar-refractivity contribution in [3.8, 4) is 0 Å². The van der Waals surface area contributed by atoms with Crippen molar-refractivity contribution in [2.24, 2.45) is 0 Å². The van der Waals surface area contributed by atoms with Crippen molar-refractivity contribution in [2.75, 3.05) is 29.5 Å². The number of carbonyl (C=O) groups excluding carboxylic acids is 3. The molecule has 5 N–H and O–H groups in total. The quantitative estimate of drug-likeness (QED) is 0.0824. The van der Waals surface area contributed by atoms with Gasteiger partial charge in [-0.1, -0.05) is 55.0 Å². The third-order valence-electron chi connectivity index (χ3n) is 9.08. The number of nitrogen functional groups attached to an aromatic ring is 1. The molecular formula is C40H52N4O7. The van der Waals surface area contributed by atoms with E-state index in [0.717, 1.165) is 42.5 Å². The van der Waals surface area contributed by atoms with Gasteiger partial charge < -0.3 is 35.7 Å². The van der Waals surface area contributed by atoms with Crippen LogP contribution in [0, 0.1) is 0 Å². The molecule has 0 aliphatic carbocycles. The van der Waals surface area contributed by atoms with E-state index in [1.54, 1.807) is 12.1 Å². The second kappa shape index (κ2) is 17.8. The maximum Gasteiger partial charge on any atom is 0.323 e. The summed E-state index contributed by atoms with van der Waals surface area (Å²) < 4.78 is 18.8. The van der Waals surface area contributed by atoms with E-state index in [9.17, 15) is 19.5 Å². The van der Waals surface area contributed by atoms with E-state index in [1.807, 2.05) is 81.4 Å². The molecule has 0 radical (unpaired) electrons. The highest BCUT2D eigenvalue weighted by Crippen LogP contribution is 2.39. The fourth-order valence-electron chi connectivity index (χ4n) is 6.53. The predicted molar refractivity (Wildman–Crippen MR) is 197 cm³/mol. The Kier molecular flexibility index (Phi) is 13.2. The number of anilines is 3. The zero-order chi connectivity index (χ0) is 36.4. The maximum atomic E-state index is 13.1. The number of hydrogen-bond acceptors (Lipinski definition) is 9. The van der Waals surface area contributed by atoms with Gasteiger partial charge >= 0.3 is 5.97 Å². The number of ether oxygens (including phenoxy) is 3. The Hall–Kier alpha value is -4.29. The minimum absolute atomic E-state index is 0.0401. The first kappa shape index (κ1) is 38.0. The number of carbonyl (C=O) groups is 3. The van der Waals surface area contributed by atoms with Gasteiger partial charge in [-0.15, -0.1) is 0 Å². The summed E-state index contributed by atoms with van der Waals surface area (Å²) in [6.07, 6.45) is 3.76. The van der Waals surface area contributed by atoms with Crippen LogP contribution in [0.5, 0.6) is 0 Å². The number of amides is 2. The Morgan fingerprint density at radius 2 is 1.63 bits per heavy atom. The van der Waals surface area contributed by atoms with Crippen LogP contribution in [-0.4, -0.2) is 58.6 Å². The Bertz CT molecular complexity index is 1620. The largest absolute Gasteiger partial charge is 0.459 e. The Labute approximate surface area is 300 Å². The summed E-state index contributed by atoms with van der Waals surface area (Å²) in [5, 5.41) is 15.4. The number of rotatable bonds is 14. The van der Waals surface area contributed by atoms with Gasteiger partial charge in [-0.3, -0.25) is 19.3 Å². The van der Waals surface area contributed by atoms with Gasteiger partial charge in [0.25, 0.3) is 0 Å². The van der Waals surface area contributed by atoms with Crippen LogP contribution < -0.4 is 16.4 Å². The normalized spacial score (nSPS) is 20.9. The smallest absolute Gasteiger partial charge is 0.323 e. The fourth-order valence-corrected chi connectivity index (χ4v) is 6.53. The standard InChI is InChI=1S/C40H52N4O7/c1-40(2,3)51-38(48)34-15-10-22-44(34)25-31-24-35(28-20-18-27(26-45)19-21-28)50-39(49-31)29-11-9-12-30(23-29)42-36(46)16-5-4-6-17-37(47)43-33-14-8-7-13-32(33)41/h7-9,11-14,18-21,23,31,34-35,39,45H,4-6,10,15-17,22,24-26,41H2,1-3H3,(H,42,46)(H,43,47)/t31-,34+,35+,39+/m1/s1. The van der Waals surface area contributed by atoms with Gasteiger partial charge in [0.1, 0.15) is 11.6 Å². The summed E-state index contributed by atoms with van der Waals surface area (Å²) in [6.45, 7) is 6.94. The molecule has 274 valence electrons. The molecule has 0 unspecified atom stereocenters. The molecule has 3 aromatic rings. The lowest BCUT2D eigenvalue weighted by Crippen LogP contribution is -2.45. The number of likely N-dealkylation sites (tertiary alicyclic amines) is 1. The van der Waals surface area contributed by atoms with E-state index in [4.69, 9.17) is 19.9 Å². The third kappa shape index (κ3) is 11.4. The highest BCUT2D eigenvalue weighted by Gasteiger charge is 2.39. The molecule has 0 saturated carbocycles. The number of aliphatic hydroxyl groups is 1. The topological polar surface area (TPSA) is 152 Å². The van der Waals surface area contributed by atoms with Crippen LogP contribution >= 0.6 is 0 Å². The molecule has 2 aliphatic rings. The number of hydrogen-bond donors (Lipinski definition) is 4. The monoisotopic (exact) mass is 700 g/mol. The average Bonchev–Trinajstić information content (AvgIpc) is 3.57. The van der Waals surface area contributed by atoms with Crippen LogP contribution in [-0.2, 0) is 35.2 Å². The molecule has 0 spiro atoms. The zero-order valence-electron chi connectivity index (χ0n) is 29.9. The van der Waals surface area contributed by atoms with Crippen molar-refractivity contribution in [3.63, 3.8) is 0 Å². The van der Waals surface area contributed by atoms with Crippen LogP contribution in [0.15, 0.2) is 72.8 Å². The Morgan fingerprint density at radius 1 is 0.902 bits per heavy atom. The SMILES string of the molecule is CC(C)(C)OC(=O)[C@@H]1CCCN1C[C@H]1C[C@@H](c2ccc(CO)cc2)O[C@@H](c2cccc(NC(=O)CCCCCC(=O)Nc3ccccc3N)c2)O1. The lowest BCUT2D eigenvalue weighted by atomic mass is 9.99. The second-order valence-corrected chi connectivity index (χ2v) is 14.4. The summed E-state index contributed by atoms with van der Waals surface area (Å²) in [5.41, 5.74) is 9.67. The number of aliphatic hydroxyl groups excluding tert-OH is 1. The van der Waals surface area contributed by atoms with Gasteiger partial charge in [-0.2, -0.15) is 0 Å². The fraction of sp³-hybridized carbons (Fsp3) is 0.475. The predicted octanol–water partition coefficient (Wildman–Crippen LogP) is 6.64. The minimum atomic E-state index is -0.705. The average molecular weight is 701 g/mol. The molecule has 5 rings (SSSR count). The van der Waals surface area contributed by atoms with E-state index < -0.39 is 11.9 Å². The molecule has 11 nitrogen and oxygen atoms in total. The summed E-state index contributed by atoms with van der Waals surface area (Å²) in [7, 11) is 0. The summed E-state index contributed by atoms with van der Waals surface area (Å²) >= 11 is 0. The first-order valence-electron chi connectivity index (χ1n) is 18.0. The van der Waals surface area contributed by atoms with Gasteiger partial charge in [0.2, 0.25) is 11.8 Å². The number of unbranched alkanes of at least 4 members (excludes halogenated alkanes) is 2. The maximum absolute atomic E-state index is 13.1.